The predicted molar refractivity (Wildman–Crippen MR) is 170 cm³/mol. The van der Waals surface area contributed by atoms with Gasteiger partial charge in [-0.3, -0.25) is 0 Å². The summed E-state index contributed by atoms with van der Waals surface area (Å²) in [6, 6.07) is 0. The van der Waals surface area contributed by atoms with E-state index in [0.717, 1.165) is 0 Å². The molecule has 0 heterocycles. The summed E-state index contributed by atoms with van der Waals surface area (Å²) in [6.45, 7) is 9.41. The smallest absolute Gasteiger partial charge is 0.418 e. The van der Waals surface area contributed by atoms with E-state index in [-0.39, 0.29) is 0 Å². The van der Waals surface area contributed by atoms with E-state index in [1.165, 1.54) is 128 Å². The van der Waals surface area contributed by atoms with Crippen LogP contribution < -0.4 is 0 Å². The van der Waals surface area contributed by atoms with E-state index in [0.29, 0.717) is 0 Å². The fraction of sp³-hybridized carbons (Fsp3) is 1.00. The van der Waals surface area contributed by atoms with Gasteiger partial charge in [0.2, 0.25) is 0 Å². The van der Waals surface area contributed by atoms with Crippen molar-refractivity contribution in [3.05, 3.63) is 0 Å². The van der Waals surface area contributed by atoms with Crippen LogP contribution in [0.2, 0.25) is 0 Å². The van der Waals surface area contributed by atoms with Gasteiger partial charge >= 0.3 is 7.25 Å². The van der Waals surface area contributed by atoms with Crippen molar-refractivity contribution in [3.63, 3.8) is 0 Å². The molecule has 0 nitrogen and oxygen atoms in total. The molecule has 0 aromatic heterocycles. The fourth-order valence-corrected chi connectivity index (χ4v) is 10.5. The Morgan fingerprint density at radius 2 is 0.474 bits per heavy atom. The van der Waals surface area contributed by atoms with Gasteiger partial charge in [-0.25, -0.2) is 0 Å². The SMILES string of the molecule is CCCCCCCCCCCCCC[P+](CCCCCC)(CCCCCC)CCCCCC.F[B-](F)(F)F. The van der Waals surface area contributed by atoms with Gasteiger partial charge in [-0.1, -0.05) is 130 Å². The van der Waals surface area contributed by atoms with Crippen LogP contribution >= 0.6 is 7.26 Å². The number of hydrogen-bond acceptors (Lipinski definition) is 0. The molecule has 232 valence electrons. The number of hydrogen-bond donors (Lipinski definition) is 0. The Balaban J connectivity index is 0. The molecule has 0 bridgehead atoms. The second kappa shape index (κ2) is 30.2. The molecule has 0 aromatic carbocycles. The molecule has 0 amide bonds. The van der Waals surface area contributed by atoms with Gasteiger partial charge in [0, 0.05) is 7.26 Å². The molecule has 0 spiro atoms. The lowest BCUT2D eigenvalue weighted by Gasteiger charge is -2.28. The molecule has 0 radical (unpaired) electrons. The first-order chi connectivity index (χ1) is 18.2. The van der Waals surface area contributed by atoms with Crippen LogP contribution in [0.15, 0.2) is 0 Å². The summed E-state index contributed by atoms with van der Waals surface area (Å²) < 4.78 is 39.0. The number of rotatable bonds is 28. The quantitative estimate of drug-likeness (QED) is 0.0380. The van der Waals surface area contributed by atoms with E-state index in [1.54, 1.807) is 50.3 Å². The van der Waals surface area contributed by atoms with Gasteiger partial charge < -0.3 is 17.3 Å². The molecule has 0 aliphatic rings. The van der Waals surface area contributed by atoms with Crippen LogP contribution in [-0.2, 0) is 0 Å². The zero-order valence-electron chi connectivity index (χ0n) is 26.3. The average Bonchev–Trinajstić information content (AvgIpc) is 2.87. The van der Waals surface area contributed by atoms with Crippen LogP contribution in [-0.4, -0.2) is 31.9 Å². The molecular weight excluding hydrogens is 502 g/mol. The summed E-state index contributed by atoms with van der Waals surface area (Å²) >= 11 is 0. The van der Waals surface area contributed by atoms with Gasteiger partial charge in [0.25, 0.3) is 0 Å². The maximum atomic E-state index is 9.75. The number of unbranched alkanes of at least 4 members (excludes halogenated alkanes) is 20. The zero-order chi connectivity index (χ0) is 28.8. The van der Waals surface area contributed by atoms with E-state index >= 15 is 0 Å². The first kappa shape index (κ1) is 40.4. The van der Waals surface area contributed by atoms with E-state index in [4.69, 9.17) is 0 Å². The van der Waals surface area contributed by atoms with Gasteiger partial charge in [0.15, 0.2) is 0 Å². The van der Waals surface area contributed by atoms with Gasteiger partial charge in [0.1, 0.15) is 0 Å². The molecule has 0 aliphatic carbocycles. The largest absolute Gasteiger partial charge is 0.673 e. The second-order valence-corrected chi connectivity index (χ2v) is 16.3. The van der Waals surface area contributed by atoms with Crippen molar-refractivity contribution in [1.82, 2.24) is 0 Å². The van der Waals surface area contributed by atoms with Gasteiger partial charge in [0.05, 0.1) is 24.6 Å². The van der Waals surface area contributed by atoms with E-state index in [9.17, 15) is 17.3 Å². The minimum absolute atomic E-state index is 0.697. The molecule has 0 aliphatic heterocycles. The molecule has 0 N–H and O–H groups in total. The molecule has 0 fully saturated rings. The van der Waals surface area contributed by atoms with Crippen LogP contribution in [0.25, 0.3) is 0 Å². The molecule has 0 saturated carbocycles. The lowest BCUT2D eigenvalue weighted by molar-refractivity contribution is 0.368. The van der Waals surface area contributed by atoms with Crippen molar-refractivity contribution >= 4 is 14.5 Å². The Morgan fingerprint density at radius 1 is 0.316 bits per heavy atom. The zero-order valence-corrected chi connectivity index (χ0v) is 27.2. The highest BCUT2D eigenvalue weighted by Crippen LogP contribution is 2.61. The molecule has 6 heteroatoms. The summed E-state index contributed by atoms with van der Waals surface area (Å²) in [5.41, 5.74) is 0. The normalized spacial score (nSPS) is 12.0. The highest BCUT2D eigenvalue weighted by atomic mass is 31.2. The standard InChI is InChI=1S/C32H68P.BF4/c1-5-9-13-17-18-19-20-21-22-23-24-28-32-33(29-25-14-10-6-2,30-26-15-11-7-3)31-27-16-12-8-4;2-1(3,4)5/h5-32H2,1-4H3;/q+1;-1. The summed E-state index contributed by atoms with van der Waals surface area (Å²) in [6.07, 6.45) is 42.1. The summed E-state index contributed by atoms with van der Waals surface area (Å²) in [5.74, 6) is 0. The predicted octanol–water partition coefficient (Wildman–Crippen LogP) is 13.7. The number of halogens is 4. The third kappa shape index (κ3) is 34.2. The maximum Gasteiger partial charge on any atom is 0.673 e. The Bertz CT molecular complexity index is 408. The van der Waals surface area contributed by atoms with E-state index < -0.39 is 14.5 Å². The lowest BCUT2D eigenvalue weighted by Crippen LogP contribution is -2.13. The third-order valence-corrected chi connectivity index (χ3v) is 13.0. The van der Waals surface area contributed by atoms with Crippen molar-refractivity contribution in [2.24, 2.45) is 0 Å². The Hall–Kier alpha value is 0.215. The second-order valence-electron chi connectivity index (χ2n) is 11.8. The minimum Gasteiger partial charge on any atom is -0.418 e. The first-order valence-corrected chi connectivity index (χ1v) is 19.5. The highest BCUT2D eigenvalue weighted by Gasteiger charge is 2.34. The van der Waals surface area contributed by atoms with Gasteiger partial charge in [-0.15, -0.1) is 0 Å². The minimum atomic E-state index is -6.00. The molecular formula is C32H68BF4P. The molecule has 0 rings (SSSR count). The van der Waals surface area contributed by atoms with E-state index in [2.05, 4.69) is 27.7 Å². The first-order valence-electron chi connectivity index (χ1n) is 17.0. The summed E-state index contributed by atoms with van der Waals surface area (Å²) in [7, 11) is -6.70. The average molecular weight is 571 g/mol. The van der Waals surface area contributed by atoms with Crippen molar-refractivity contribution < 1.29 is 17.3 Å². The van der Waals surface area contributed by atoms with E-state index in [1.807, 2.05) is 0 Å². The monoisotopic (exact) mass is 571 g/mol. The van der Waals surface area contributed by atoms with Crippen LogP contribution in [0.1, 0.15) is 182 Å². The lowest BCUT2D eigenvalue weighted by atomic mass is 10.1. The fourth-order valence-electron chi connectivity index (χ4n) is 5.58. The highest BCUT2D eigenvalue weighted by molar-refractivity contribution is 7.75. The van der Waals surface area contributed by atoms with Gasteiger partial charge in [-0.05, 0) is 51.4 Å². The van der Waals surface area contributed by atoms with Crippen molar-refractivity contribution in [2.45, 2.75) is 182 Å². The summed E-state index contributed by atoms with van der Waals surface area (Å²) in [4.78, 5) is 0. The van der Waals surface area contributed by atoms with Crippen LogP contribution in [0, 0.1) is 0 Å². The Kier molecular flexibility index (Phi) is 32.0. The molecule has 0 aromatic rings. The Morgan fingerprint density at radius 3 is 0.684 bits per heavy atom. The maximum absolute atomic E-state index is 9.75. The Labute approximate surface area is 238 Å². The summed E-state index contributed by atoms with van der Waals surface area (Å²) in [5, 5.41) is 0. The van der Waals surface area contributed by atoms with Crippen molar-refractivity contribution in [2.75, 3.05) is 24.6 Å². The molecule has 0 atom stereocenters. The van der Waals surface area contributed by atoms with Crippen LogP contribution in [0.3, 0.4) is 0 Å². The van der Waals surface area contributed by atoms with Gasteiger partial charge in [-0.2, -0.15) is 0 Å². The van der Waals surface area contributed by atoms with Crippen molar-refractivity contribution in [1.29, 1.82) is 0 Å². The molecule has 38 heavy (non-hydrogen) atoms. The van der Waals surface area contributed by atoms with Crippen LogP contribution in [0.5, 0.6) is 0 Å². The third-order valence-electron chi connectivity index (χ3n) is 7.94. The van der Waals surface area contributed by atoms with Crippen molar-refractivity contribution in [3.8, 4) is 0 Å². The van der Waals surface area contributed by atoms with Crippen LogP contribution in [0.4, 0.5) is 17.3 Å². The topological polar surface area (TPSA) is 0 Å². The molecule has 0 unspecified atom stereocenters. The molecule has 0 saturated heterocycles.